The summed E-state index contributed by atoms with van der Waals surface area (Å²) in [6.45, 7) is 3.71. The van der Waals surface area contributed by atoms with Crippen molar-refractivity contribution in [2.75, 3.05) is 0 Å². The predicted molar refractivity (Wildman–Crippen MR) is 78.2 cm³/mol. The van der Waals surface area contributed by atoms with Gasteiger partial charge in [0.2, 0.25) is 0 Å². The summed E-state index contributed by atoms with van der Waals surface area (Å²) < 4.78 is 40.2. The third kappa shape index (κ3) is 3.43. The van der Waals surface area contributed by atoms with Crippen molar-refractivity contribution in [3.05, 3.63) is 34.6 Å². The Balaban J connectivity index is 2.18. The smallest absolute Gasteiger partial charge is 0.194 e. The highest BCUT2D eigenvalue weighted by molar-refractivity contribution is 5.30. The zero-order valence-electron chi connectivity index (χ0n) is 12.6. The Morgan fingerprint density at radius 3 is 2.38 bits per heavy atom. The number of rotatable bonds is 3. The molecule has 0 radical (unpaired) electrons. The van der Waals surface area contributed by atoms with Gasteiger partial charge in [0.25, 0.3) is 0 Å². The molecule has 1 aromatic rings. The van der Waals surface area contributed by atoms with Gasteiger partial charge in [-0.3, -0.25) is 0 Å². The number of halogens is 3. The molecule has 0 heterocycles. The van der Waals surface area contributed by atoms with Crippen LogP contribution in [-0.2, 0) is 6.42 Å². The molecule has 1 atom stereocenters. The zero-order valence-corrected chi connectivity index (χ0v) is 12.6. The molecule has 0 aliphatic heterocycles. The lowest BCUT2D eigenvalue weighted by Crippen LogP contribution is -2.22. The summed E-state index contributed by atoms with van der Waals surface area (Å²) in [5.74, 6) is 0.211. The number of terminal acetylenes is 1. The quantitative estimate of drug-likeness (QED) is 0.542. The van der Waals surface area contributed by atoms with E-state index in [1.807, 2.05) is 0 Å². The van der Waals surface area contributed by atoms with E-state index in [2.05, 4.69) is 12.8 Å². The molecule has 1 aliphatic rings. The zero-order chi connectivity index (χ0) is 15.6. The van der Waals surface area contributed by atoms with E-state index in [-0.39, 0.29) is 11.5 Å². The number of hydrogen-bond donors (Lipinski definition) is 0. The molecule has 1 saturated carbocycles. The van der Waals surface area contributed by atoms with E-state index in [1.54, 1.807) is 0 Å². The van der Waals surface area contributed by atoms with Crippen molar-refractivity contribution in [3.63, 3.8) is 0 Å². The molecule has 114 valence electrons. The first-order valence-corrected chi connectivity index (χ1v) is 7.53. The van der Waals surface area contributed by atoms with Crippen LogP contribution in [0.25, 0.3) is 0 Å². The number of hydrogen-bond acceptors (Lipinski definition) is 0. The van der Waals surface area contributed by atoms with Gasteiger partial charge in [0.1, 0.15) is 0 Å². The Morgan fingerprint density at radius 1 is 1.19 bits per heavy atom. The molecule has 21 heavy (non-hydrogen) atoms. The fraction of sp³-hybridized carbons (Fsp3) is 0.556. The fourth-order valence-electron chi connectivity index (χ4n) is 3.23. The Kier molecular flexibility index (Phi) is 4.98. The van der Waals surface area contributed by atoms with Crippen LogP contribution in [0.3, 0.4) is 0 Å². The van der Waals surface area contributed by atoms with E-state index in [0.717, 1.165) is 37.7 Å². The third-order valence-electron chi connectivity index (χ3n) is 4.80. The van der Waals surface area contributed by atoms with Gasteiger partial charge in [-0.1, -0.05) is 19.8 Å². The highest BCUT2D eigenvalue weighted by atomic mass is 19.2. The predicted octanol–water partition coefficient (Wildman–Crippen LogP) is 5.03. The van der Waals surface area contributed by atoms with Crippen LogP contribution in [-0.4, -0.2) is 0 Å². The van der Waals surface area contributed by atoms with Crippen LogP contribution in [0.4, 0.5) is 13.2 Å². The second kappa shape index (κ2) is 6.56. The van der Waals surface area contributed by atoms with Crippen molar-refractivity contribution in [1.82, 2.24) is 0 Å². The average molecular weight is 294 g/mol. The monoisotopic (exact) mass is 294 g/mol. The molecule has 1 fully saturated rings. The lowest BCUT2D eigenvalue weighted by atomic mass is 9.74. The van der Waals surface area contributed by atoms with Crippen LogP contribution in [0.2, 0.25) is 0 Å². The maximum atomic E-state index is 13.6. The highest BCUT2D eigenvalue weighted by Gasteiger charge is 2.26. The van der Waals surface area contributed by atoms with Gasteiger partial charge < -0.3 is 0 Å². The molecule has 2 rings (SSSR count). The molecule has 3 heteroatoms. The Hall–Kier alpha value is -1.43. The third-order valence-corrected chi connectivity index (χ3v) is 4.80. The Bertz CT molecular complexity index is 549. The van der Waals surface area contributed by atoms with Crippen molar-refractivity contribution in [2.45, 2.75) is 46.0 Å². The van der Waals surface area contributed by atoms with Crippen molar-refractivity contribution in [2.24, 2.45) is 17.8 Å². The van der Waals surface area contributed by atoms with E-state index in [9.17, 15) is 13.2 Å². The van der Waals surface area contributed by atoms with Crippen molar-refractivity contribution in [3.8, 4) is 12.3 Å². The van der Waals surface area contributed by atoms with Gasteiger partial charge in [0.15, 0.2) is 17.5 Å². The lowest BCUT2D eigenvalue weighted by Gasteiger charge is -2.30. The second-order valence-corrected chi connectivity index (χ2v) is 6.27. The fourth-order valence-corrected chi connectivity index (χ4v) is 3.23. The SMILES string of the molecule is C#CC(Cc1cc(F)c(F)c(F)c1C)C1CCC(C)CC1. The molecule has 1 aromatic carbocycles. The lowest BCUT2D eigenvalue weighted by molar-refractivity contribution is 0.243. The molecule has 0 saturated heterocycles. The van der Waals surface area contributed by atoms with E-state index in [0.29, 0.717) is 17.9 Å². The summed E-state index contributed by atoms with van der Waals surface area (Å²) in [5.41, 5.74) is 0.645. The van der Waals surface area contributed by atoms with Crippen LogP contribution >= 0.6 is 0 Å². The van der Waals surface area contributed by atoms with E-state index >= 15 is 0 Å². The minimum atomic E-state index is -1.40. The molecule has 0 aromatic heterocycles. The van der Waals surface area contributed by atoms with Gasteiger partial charge in [-0.15, -0.1) is 12.3 Å². The van der Waals surface area contributed by atoms with Crippen LogP contribution in [0.5, 0.6) is 0 Å². The van der Waals surface area contributed by atoms with E-state index in [4.69, 9.17) is 6.42 Å². The standard InChI is InChI=1S/C18H21F3/c1-4-13(14-7-5-11(2)6-8-14)9-15-10-16(19)18(21)17(20)12(15)3/h1,10-11,13-14H,5-9H2,2-3H3. The largest absolute Gasteiger partial charge is 0.204 e. The summed E-state index contributed by atoms with van der Waals surface area (Å²) >= 11 is 0. The second-order valence-electron chi connectivity index (χ2n) is 6.27. The first-order chi connectivity index (χ1) is 9.93. The van der Waals surface area contributed by atoms with Crippen LogP contribution in [0.1, 0.15) is 43.7 Å². The topological polar surface area (TPSA) is 0 Å². The van der Waals surface area contributed by atoms with Crippen molar-refractivity contribution >= 4 is 0 Å². The van der Waals surface area contributed by atoms with Crippen LogP contribution in [0.15, 0.2) is 6.07 Å². The molecule has 0 N–H and O–H groups in total. The summed E-state index contributed by atoms with van der Waals surface area (Å²) in [6, 6.07) is 1.09. The molecule has 0 amide bonds. The molecule has 1 unspecified atom stereocenters. The van der Waals surface area contributed by atoms with E-state index < -0.39 is 17.5 Å². The molecule has 0 nitrogen and oxygen atoms in total. The first-order valence-electron chi connectivity index (χ1n) is 7.53. The summed E-state index contributed by atoms with van der Waals surface area (Å²) in [7, 11) is 0. The highest BCUT2D eigenvalue weighted by Crippen LogP contribution is 2.35. The minimum Gasteiger partial charge on any atom is -0.204 e. The molecule has 0 bridgehead atoms. The summed E-state index contributed by atoms with van der Waals surface area (Å²) in [4.78, 5) is 0. The van der Waals surface area contributed by atoms with E-state index in [1.165, 1.54) is 6.92 Å². The van der Waals surface area contributed by atoms with Gasteiger partial charge in [-0.05, 0) is 55.2 Å². The van der Waals surface area contributed by atoms with Crippen LogP contribution in [0, 0.1) is 54.5 Å². The minimum absolute atomic E-state index is 0.0412. The van der Waals surface area contributed by atoms with Gasteiger partial charge in [0.05, 0.1) is 0 Å². The van der Waals surface area contributed by atoms with Gasteiger partial charge in [-0.2, -0.15) is 0 Å². The maximum Gasteiger partial charge on any atom is 0.194 e. The number of benzene rings is 1. The molecular formula is C18H21F3. The van der Waals surface area contributed by atoms with Gasteiger partial charge in [0, 0.05) is 5.92 Å². The van der Waals surface area contributed by atoms with Gasteiger partial charge >= 0.3 is 0 Å². The van der Waals surface area contributed by atoms with Crippen molar-refractivity contribution < 1.29 is 13.2 Å². The normalized spacial score (nSPS) is 23.6. The van der Waals surface area contributed by atoms with Crippen molar-refractivity contribution in [1.29, 1.82) is 0 Å². The average Bonchev–Trinajstić information content (AvgIpc) is 2.48. The molecular weight excluding hydrogens is 273 g/mol. The summed E-state index contributed by atoms with van der Waals surface area (Å²) in [5, 5.41) is 0. The van der Waals surface area contributed by atoms with Crippen LogP contribution < -0.4 is 0 Å². The Labute approximate surface area is 124 Å². The molecule has 0 spiro atoms. The first kappa shape index (κ1) is 15.9. The maximum absolute atomic E-state index is 13.6. The summed E-state index contributed by atoms with van der Waals surface area (Å²) in [6.07, 6.45) is 10.4. The van der Waals surface area contributed by atoms with Gasteiger partial charge in [-0.25, -0.2) is 13.2 Å². The molecule has 1 aliphatic carbocycles. The Morgan fingerprint density at radius 2 is 1.81 bits per heavy atom.